The molecule has 0 aliphatic rings. The molecule has 0 saturated carbocycles. The van der Waals surface area contributed by atoms with Crippen LogP contribution in [0.1, 0.15) is 18.9 Å². The number of carbonyl (C=O) groups excluding carboxylic acids is 1. The summed E-state index contributed by atoms with van der Waals surface area (Å²) in [4.78, 5) is 11.7. The van der Waals surface area contributed by atoms with Crippen LogP contribution in [0.2, 0.25) is 0 Å². The van der Waals surface area contributed by atoms with E-state index in [9.17, 15) is 4.79 Å². The molecule has 2 aromatic rings. The van der Waals surface area contributed by atoms with Crippen molar-refractivity contribution < 1.29 is 4.79 Å². The third-order valence-electron chi connectivity index (χ3n) is 2.85. The van der Waals surface area contributed by atoms with E-state index >= 15 is 0 Å². The van der Waals surface area contributed by atoms with E-state index in [0.29, 0.717) is 12.1 Å². The highest BCUT2D eigenvalue weighted by Gasteiger charge is 2.12. The van der Waals surface area contributed by atoms with Crippen LogP contribution in [-0.4, -0.2) is 32.2 Å². The number of aromatic nitrogens is 4. The third kappa shape index (κ3) is 3.52. The summed E-state index contributed by atoms with van der Waals surface area (Å²) < 4.78 is 1.55. The van der Waals surface area contributed by atoms with Gasteiger partial charge in [0.15, 0.2) is 0 Å². The average Bonchev–Trinajstić information content (AvgIpc) is 2.93. The molecule has 108 valence electrons. The van der Waals surface area contributed by atoms with E-state index in [4.69, 9.17) is 5.73 Å². The molecule has 0 saturated heterocycles. The van der Waals surface area contributed by atoms with Crippen LogP contribution in [-0.2, 0) is 4.79 Å². The number of nitrogens with two attached hydrogens (primary N) is 1. The number of aryl methyl sites for hydroxylation is 1. The van der Waals surface area contributed by atoms with Gasteiger partial charge in [-0.25, -0.2) is 4.68 Å². The molecule has 7 nitrogen and oxygen atoms in total. The average molecular weight is 297 g/mol. The summed E-state index contributed by atoms with van der Waals surface area (Å²) in [6.45, 7) is 3.81. The van der Waals surface area contributed by atoms with E-state index in [0.717, 1.165) is 11.3 Å². The van der Waals surface area contributed by atoms with Crippen molar-refractivity contribution in [1.82, 2.24) is 20.2 Å². The van der Waals surface area contributed by atoms with Crippen LogP contribution in [0.15, 0.2) is 24.5 Å². The number of nitrogens with zero attached hydrogens (tertiary/aromatic N) is 4. The second-order valence-corrected chi connectivity index (χ2v) is 4.26. The van der Waals surface area contributed by atoms with E-state index < -0.39 is 6.04 Å². The molecule has 1 amide bonds. The Balaban J connectivity index is 0.00000200. The predicted molar refractivity (Wildman–Crippen MR) is 78.0 cm³/mol. The lowest BCUT2D eigenvalue weighted by Crippen LogP contribution is -2.34. The van der Waals surface area contributed by atoms with Gasteiger partial charge in [0.2, 0.25) is 5.91 Å². The van der Waals surface area contributed by atoms with Crippen LogP contribution in [0.5, 0.6) is 0 Å². The second-order valence-electron chi connectivity index (χ2n) is 4.26. The van der Waals surface area contributed by atoms with Gasteiger partial charge in [-0.2, -0.15) is 0 Å². The number of halogens is 1. The van der Waals surface area contributed by atoms with Gasteiger partial charge in [-0.15, -0.1) is 17.5 Å². The Bertz CT molecular complexity index is 571. The minimum absolute atomic E-state index is 0. The van der Waals surface area contributed by atoms with Gasteiger partial charge in [-0.1, -0.05) is 13.0 Å². The largest absolute Gasteiger partial charge is 0.325 e. The summed E-state index contributed by atoms with van der Waals surface area (Å²) in [6.07, 6.45) is 2.10. The molecular weight excluding hydrogens is 280 g/mol. The lowest BCUT2D eigenvalue weighted by molar-refractivity contribution is -0.117. The molecule has 0 aliphatic carbocycles. The zero-order chi connectivity index (χ0) is 13.8. The van der Waals surface area contributed by atoms with Crippen molar-refractivity contribution in [2.75, 3.05) is 5.32 Å². The van der Waals surface area contributed by atoms with Crippen LogP contribution in [0, 0.1) is 6.92 Å². The van der Waals surface area contributed by atoms with Gasteiger partial charge in [-0.3, -0.25) is 4.79 Å². The number of benzene rings is 1. The number of amides is 1. The van der Waals surface area contributed by atoms with Gasteiger partial charge in [0, 0.05) is 5.69 Å². The minimum Gasteiger partial charge on any atom is -0.325 e. The molecule has 1 aromatic heterocycles. The van der Waals surface area contributed by atoms with Gasteiger partial charge >= 0.3 is 0 Å². The molecule has 0 unspecified atom stereocenters. The fourth-order valence-corrected chi connectivity index (χ4v) is 1.63. The Hall–Kier alpha value is -1.99. The highest BCUT2D eigenvalue weighted by Crippen LogP contribution is 2.18. The normalized spacial score (nSPS) is 11.6. The zero-order valence-corrected chi connectivity index (χ0v) is 12.1. The van der Waals surface area contributed by atoms with Crippen molar-refractivity contribution in [2.45, 2.75) is 26.3 Å². The summed E-state index contributed by atoms with van der Waals surface area (Å²) in [5.74, 6) is -0.200. The fourth-order valence-electron chi connectivity index (χ4n) is 1.63. The highest BCUT2D eigenvalue weighted by atomic mass is 35.5. The highest BCUT2D eigenvalue weighted by molar-refractivity contribution is 5.94. The lowest BCUT2D eigenvalue weighted by Gasteiger charge is -2.12. The predicted octanol–water partition coefficient (Wildman–Crippen LogP) is 1.07. The first kappa shape index (κ1) is 16.1. The maximum Gasteiger partial charge on any atom is 0.241 e. The van der Waals surface area contributed by atoms with Gasteiger partial charge in [-0.05, 0) is 41.5 Å². The summed E-state index contributed by atoms with van der Waals surface area (Å²) in [5.41, 5.74) is 8.17. The van der Waals surface area contributed by atoms with Gasteiger partial charge in [0.25, 0.3) is 0 Å². The first-order valence-corrected chi connectivity index (χ1v) is 6.02. The first-order valence-electron chi connectivity index (χ1n) is 6.02. The van der Waals surface area contributed by atoms with Crippen molar-refractivity contribution in [1.29, 1.82) is 0 Å². The molecule has 1 heterocycles. The number of tetrazole rings is 1. The van der Waals surface area contributed by atoms with E-state index in [1.165, 1.54) is 6.33 Å². The SMILES string of the molecule is CC[C@H](N)C(=O)Nc1ccc(C)c(-n2cnnn2)c1.Cl. The van der Waals surface area contributed by atoms with Gasteiger partial charge in [0.05, 0.1) is 11.7 Å². The van der Waals surface area contributed by atoms with Gasteiger partial charge in [0.1, 0.15) is 6.33 Å². The Morgan fingerprint density at radius 3 is 2.85 bits per heavy atom. The molecule has 0 aliphatic heterocycles. The molecule has 1 atom stereocenters. The Labute approximate surface area is 123 Å². The van der Waals surface area contributed by atoms with Crippen LogP contribution in [0.3, 0.4) is 0 Å². The molecule has 0 bridgehead atoms. The molecule has 2 rings (SSSR count). The number of nitrogens with one attached hydrogen (secondary N) is 1. The second kappa shape index (κ2) is 6.97. The fraction of sp³-hybridized carbons (Fsp3) is 0.333. The molecule has 20 heavy (non-hydrogen) atoms. The number of rotatable bonds is 4. The topological polar surface area (TPSA) is 98.7 Å². The van der Waals surface area contributed by atoms with Crippen LogP contribution in [0.4, 0.5) is 5.69 Å². The number of hydrogen-bond acceptors (Lipinski definition) is 5. The van der Waals surface area contributed by atoms with Crippen molar-refractivity contribution in [3.8, 4) is 5.69 Å². The smallest absolute Gasteiger partial charge is 0.241 e. The monoisotopic (exact) mass is 296 g/mol. The molecule has 0 spiro atoms. The van der Waals surface area contributed by atoms with Gasteiger partial charge < -0.3 is 11.1 Å². The minimum atomic E-state index is -0.502. The zero-order valence-electron chi connectivity index (χ0n) is 11.3. The maximum absolute atomic E-state index is 11.7. The molecule has 0 radical (unpaired) electrons. The van der Waals surface area contributed by atoms with Crippen LogP contribution < -0.4 is 11.1 Å². The van der Waals surface area contributed by atoms with E-state index in [1.54, 1.807) is 4.68 Å². The van der Waals surface area contributed by atoms with Crippen LogP contribution >= 0.6 is 12.4 Å². The number of carbonyl (C=O) groups is 1. The molecule has 0 fully saturated rings. The lowest BCUT2D eigenvalue weighted by atomic mass is 10.1. The van der Waals surface area contributed by atoms with Crippen LogP contribution in [0.25, 0.3) is 5.69 Å². The molecule has 1 aromatic carbocycles. The van der Waals surface area contributed by atoms with E-state index in [1.807, 2.05) is 32.0 Å². The Morgan fingerprint density at radius 2 is 2.25 bits per heavy atom. The van der Waals surface area contributed by atoms with Crippen molar-refractivity contribution in [2.24, 2.45) is 5.73 Å². The van der Waals surface area contributed by atoms with E-state index in [2.05, 4.69) is 20.8 Å². The summed E-state index contributed by atoms with van der Waals surface area (Å²) in [7, 11) is 0. The quantitative estimate of drug-likeness (QED) is 0.879. The number of hydrogen-bond donors (Lipinski definition) is 2. The van der Waals surface area contributed by atoms with Crippen molar-refractivity contribution >= 4 is 24.0 Å². The molecule has 8 heteroatoms. The maximum atomic E-state index is 11.7. The molecular formula is C12H17ClN6O. The summed E-state index contributed by atoms with van der Waals surface area (Å²) in [5, 5.41) is 13.8. The summed E-state index contributed by atoms with van der Waals surface area (Å²) in [6, 6.07) is 5.03. The Kier molecular flexibility index (Phi) is 5.60. The molecule has 3 N–H and O–H groups in total. The van der Waals surface area contributed by atoms with Crippen molar-refractivity contribution in [3.05, 3.63) is 30.1 Å². The Morgan fingerprint density at radius 1 is 1.50 bits per heavy atom. The number of anilines is 1. The van der Waals surface area contributed by atoms with Crippen molar-refractivity contribution in [3.63, 3.8) is 0 Å². The third-order valence-corrected chi connectivity index (χ3v) is 2.85. The van der Waals surface area contributed by atoms with E-state index in [-0.39, 0.29) is 18.3 Å². The standard InChI is InChI=1S/C12H16N6O.ClH/c1-3-10(13)12(19)15-9-5-4-8(2)11(6-9)18-7-14-16-17-18;/h4-7,10H,3,13H2,1-2H3,(H,15,19);1H/t10-;/m0./s1. The summed E-state index contributed by atoms with van der Waals surface area (Å²) >= 11 is 0. The first-order chi connectivity index (χ1) is 9.11.